The molecule has 1 aromatic heterocycles. The zero-order valence-electron chi connectivity index (χ0n) is 16.1. The summed E-state index contributed by atoms with van der Waals surface area (Å²) < 4.78 is 32.8. The number of aromatic nitrogens is 1. The number of carbonyl (C=O) groups is 1. The van der Waals surface area contributed by atoms with Gasteiger partial charge in [-0.1, -0.05) is 12.1 Å². The lowest BCUT2D eigenvalue weighted by atomic mass is 9.97. The van der Waals surface area contributed by atoms with Gasteiger partial charge < -0.3 is 10.1 Å². The summed E-state index contributed by atoms with van der Waals surface area (Å²) in [5.74, 6) is 0.0752. The number of rotatable bonds is 6. The van der Waals surface area contributed by atoms with Crippen LogP contribution < -0.4 is 10.1 Å². The van der Waals surface area contributed by atoms with Crippen LogP contribution in [0.1, 0.15) is 24.1 Å². The Morgan fingerprint density at radius 2 is 2.00 bits per heavy atom. The highest BCUT2D eigenvalue weighted by molar-refractivity contribution is 7.89. The Kier molecular flexibility index (Phi) is 6.31. The molecule has 0 saturated carbocycles. The number of methoxy groups -OCH3 is 1. The Hall–Kier alpha value is -2.45. The molecule has 0 atom stereocenters. The van der Waals surface area contributed by atoms with Crippen LogP contribution in [0.3, 0.4) is 0 Å². The number of piperidine rings is 1. The molecule has 1 aromatic carbocycles. The summed E-state index contributed by atoms with van der Waals surface area (Å²) in [5.41, 5.74) is 1.64. The third-order valence-corrected chi connectivity index (χ3v) is 6.85. The number of aryl methyl sites for hydroxylation is 1. The van der Waals surface area contributed by atoms with E-state index in [9.17, 15) is 13.2 Å². The highest BCUT2D eigenvalue weighted by atomic mass is 32.2. The van der Waals surface area contributed by atoms with Crippen LogP contribution in [0.25, 0.3) is 0 Å². The van der Waals surface area contributed by atoms with E-state index < -0.39 is 10.0 Å². The molecule has 1 aliphatic heterocycles. The van der Waals surface area contributed by atoms with Crippen molar-refractivity contribution >= 4 is 15.9 Å². The first-order valence-electron chi connectivity index (χ1n) is 9.24. The van der Waals surface area contributed by atoms with Gasteiger partial charge in [0, 0.05) is 25.2 Å². The number of nitrogens with zero attached hydrogens (tertiary/aromatic N) is 2. The summed E-state index contributed by atoms with van der Waals surface area (Å²) in [5, 5.41) is 2.89. The van der Waals surface area contributed by atoms with Crippen molar-refractivity contribution < 1.29 is 17.9 Å². The van der Waals surface area contributed by atoms with E-state index in [-0.39, 0.29) is 16.7 Å². The number of carbonyl (C=O) groups excluding carboxylic acids is 1. The molecule has 1 amide bonds. The third-order valence-electron chi connectivity index (χ3n) is 4.93. The van der Waals surface area contributed by atoms with Gasteiger partial charge in [0.2, 0.25) is 15.9 Å². The van der Waals surface area contributed by atoms with E-state index in [1.807, 2.05) is 31.2 Å². The van der Waals surface area contributed by atoms with Crippen molar-refractivity contribution in [2.45, 2.75) is 31.2 Å². The van der Waals surface area contributed by atoms with Crippen molar-refractivity contribution in [3.63, 3.8) is 0 Å². The Morgan fingerprint density at radius 1 is 1.25 bits per heavy atom. The monoisotopic (exact) mass is 403 g/mol. The standard InChI is InChI=1S/C20H25N3O4S/c1-15-6-7-18(27-2)19(13-15)28(25,26)23-11-8-16(9-12-23)20(24)22-14-17-5-3-4-10-21-17/h3-7,10,13,16H,8-9,11-12,14H2,1-2H3,(H,22,24). The molecule has 1 fully saturated rings. The van der Waals surface area contributed by atoms with Gasteiger partial charge in [-0.15, -0.1) is 0 Å². The summed E-state index contributed by atoms with van der Waals surface area (Å²) in [6.07, 6.45) is 2.66. The fourth-order valence-corrected chi connectivity index (χ4v) is 5.02. The largest absolute Gasteiger partial charge is 0.495 e. The Labute approximate surface area is 165 Å². The molecule has 0 radical (unpaired) electrons. The fourth-order valence-electron chi connectivity index (χ4n) is 3.31. The first-order chi connectivity index (χ1) is 13.4. The lowest BCUT2D eigenvalue weighted by Gasteiger charge is -2.31. The van der Waals surface area contributed by atoms with Crippen molar-refractivity contribution in [2.75, 3.05) is 20.2 Å². The molecule has 0 unspecified atom stereocenters. The molecule has 28 heavy (non-hydrogen) atoms. The van der Waals surface area contributed by atoms with E-state index in [4.69, 9.17) is 4.74 Å². The number of ether oxygens (including phenoxy) is 1. The number of sulfonamides is 1. The molecule has 1 aliphatic rings. The van der Waals surface area contributed by atoms with Crippen LogP contribution >= 0.6 is 0 Å². The van der Waals surface area contributed by atoms with Gasteiger partial charge in [-0.2, -0.15) is 4.31 Å². The Morgan fingerprint density at radius 3 is 2.64 bits per heavy atom. The second-order valence-corrected chi connectivity index (χ2v) is 8.78. The highest BCUT2D eigenvalue weighted by Crippen LogP contribution is 2.30. The molecule has 8 heteroatoms. The van der Waals surface area contributed by atoms with Crippen molar-refractivity contribution in [3.05, 3.63) is 53.9 Å². The first-order valence-corrected chi connectivity index (χ1v) is 10.7. The molecule has 1 N–H and O–H groups in total. The van der Waals surface area contributed by atoms with Crippen molar-refractivity contribution in [1.29, 1.82) is 0 Å². The zero-order valence-corrected chi connectivity index (χ0v) is 16.9. The predicted molar refractivity (Wildman–Crippen MR) is 105 cm³/mol. The maximum absolute atomic E-state index is 13.0. The van der Waals surface area contributed by atoms with Gasteiger partial charge in [0.05, 0.1) is 19.3 Å². The zero-order chi connectivity index (χ0) is 20.1. The van der Waals surface area contributed by atoms with E-state index in [1.165, 1.54) is 11.4 Å². The van der Waals surface area contributed by atoms with Crippen LogP contribution in [0.4, 0.5) is 0 Å². The molecule has 0 bridgehead atoms. The second-order valence-electron chi connectivity index (χ2n) is 6.87. The fraction of sp³-hybridized carbons (Fsp3) is 0.400. The topological polar surface area (TPSA) is 88.6 Å². The van der Waals surface area contributed by atoms with Gasteiger partial charge in [0.25, 0.3) is 0 Å². The third kappa shape index (κ3) is 4.51. The lowest BCUT2D eigenvalue weighted by molar-refractivity contribution is -0.126. The highest BCUT2D eigenvalue weighted by Gasteiger charge is 2.33. The van der Waals surface area contributed by atoms with E-state index in [0.29, 0.717) is 38.2 Å². The number of hydrogen-bond acceptors (Lipinski definition) is 5. The maximum atomic E-state index is 13.0. The summed E-state index contributed by atoms with van der Waals surface area (Å²) in [7, 11) is -2.20. The minimum Gasteiger partial charge on any atom is -0.495 e. The lowest BCUT2D eigenvalue weighted by Crippen LogP contribution is -2.43. The quantitative estimate of drug-likeness (QED) is 0.798. The Bertz CT molecular complexity index is 924. The molecule has 1 saturated heterocycles. The average molecular weight is 404 g/mol. The van der Waals surface area contributed by atoms with E-state index in [2.05, 4.69) is 10.3 Å². The first kappa shape index (κ1) is 20.3. The minimum absolute atomic E-state index is 0.0594. The van der Waals surface area contributed by atoms with E-state index >= 15 is 0 Å². The molecule has 2 aromatic rings. The van der Waals surface area contributed by atoms with Gasteiger partial charge in [0.1, 0.15) is 10.6 Å². The van der Waals surface area contributed by atoms with Gasteiger partial charge in [0.15, 0.2) is 0 Å². The average Bonchev–Trinajstić information content (AvgIpc) is 2.73. The second kappa shape index (κ2) is 8.70. The van der Waals surface area contributed by atoms with Gasteiger partial charge >= 0.3 is 0 Å². The van der Waals surface area contributed by atoms with Crippen LogP contribution in [0.2, 0.25) is 0 Å². The number of amides is 1. The van der Waals surface area contributed by atoms with Gasteiger partial charge in [-0.3, -0.25) is 9.78 Å². The maximum Gasteiger partial charge on any atom is 0.246 e. The number of nitrogens with one attached hydrogen (secondary N) is 1. The van der Waals surface area contributed by atoms with Crippen LogP contribution in [0, 0.1) is 12.8 Å². The molecule has 2 heterocycles. The van der Waals surface area contributed by atoms with Crippen LogP contribution in [0.15, 0.2) is 47.5 Å². The van der Waals surface area contributed by atoms with Crippen molar-refractivity contribution in [3.8, 4) is 5.75 Å². The minimum atomic E-state index is -3.67. The van der Waals surface area contributed by atoms with Crippen LogP contribution in [-0.4, -0.2) is 43.8 Å². The SMILES string of the molecule is COc1ccc(C)cc1S(=O)(=O)N1CCC(C(=O)NCc2ccccn2)CC1. The normalized spacial score (nSPS) is 15.9. The molecule has 7 nitrogen and oxygen atoms in total. The van der Waals surface area contributed by atoms with Crippen molar-refractivity contribution in [2.24, 2.45) is 5.92 Å². The summed E-state index contributed by atoms with van der Waals surface area (Å²) in [6.45, 7) is 2.83. The van der Waals surface area contributed by atoms with Gasteiger partial charge in [-0.25, -0.2) is 8.42 Å². The Balaban J connectivity index is 1.61. The molecule has 0 aliphatic carbocycles. The predicted octanol–water partition coefficient (Wildman–Crippen LogP) is 2.12. The van der Waals surface area contributed by atoms with Crippen LogP contribution in [-0.2, 0) is 21.4 Å². The molecule has 3 rings (SSSR count). The molecular formula is C20H25N3O4S. The summed E-state index contributed by atoms with van der Waals surface area (Å²) in [6, 6.07) is 10.7. The molecule has 0 spiro atoms. The van der Waals surface area contributed by atoms with E-state index in [0.717, 1.165) is 11.3 Å². The number of pyridine rings is 1. The summed E-state index contributed by atoms with van der Waals surface area (Å²) >= 11 is 0. The van der Waals surface area contributed by atoms with Crippen LogP contribution in [0.5, 0.6) is 5.75 Å². The number of hydrogen-bond donors (Lipinski definition) is 1. The van der Waals surface area contributed by atoms with Crippen molar-refractivity contribution in [1.82, 2.24) is 14.6 Å². The van der Waals surface area contributed by atoms with E-state index in [1.54, 1.807) is 18.3 Å². The smallest absolute Gasteiger partial charge is 0.246 e. The number of benzene rings is 1. The van der Waals surface area contributed by atoms with Gasteiger partial charge in [-0.05, 0) is 49.6 Å². The molecular weight excluding hydrogens is 378 g/mol. The summed E-state index contributed by atoms with van der Waals surface area (Å²) in [4.78, 5) is 16.8. The molecule has 150 valence electrons.